The monoisotopic (exact) mass is 714 g/mol. The van der Waals surface area contributed by atoms with Crippen LogP contribution in [-0.4, -0.2) is 94.7 Å². The molecule has 2 aromatic carbocycles. The van der Waals surface area contributed by atoms with Crippen molar-refractivity contribution >= 4 is 39.4 Å². The highest BCUT2D eigenvalue weighted by molar-refractivity contribution is 6.03. The van der Waals surface area contributed by atoms with Crippen molar-refractivity contribution in [2.45, 2.75) is 57.8 Å². The predicted octanol–water partition coefficient (Wildman–Crippen LogP) is 6.09. The lowest BCUT2D eigenvalue weighted by Gasteiger charge is -2.31. The lowest BCUT2D eigenvalue weighted by atomic mass is 9.95. The molecule has 4 heterocycles. The minimum atomic E-state index is -1.03. The Labute approximate surface area is 300 Å². The highest BCUT2D eigenvalue weighted by Crippen LogP contribution is 2.39. The second kappa shape index (κ2) is 14.4. The molecular weight excluding hydrogens is 673 g/mol. The number of carbonyl (C=O) groups is 2. The number of halogens is 3. The van der Waals surface area contributed by atoms with Crippen LogP contribution in [0.2, 0.25) is 0 Å². The number of likely N-dealkylation sites (tertiary alicyclic amines) is 2. The third kappa shape index (κ3) is 6.87. The summed E-state index contributed by atoms with van der Waals surface area (Å²) in [6.07, 6.45) is 9.23. The van der Waals surface area contributed by atoms with Crippen molar-refractivity contribution in [2.75, 3.05) is 45.2 Å². The van der Waals surface area contributed by atoms with Crippen molar-refractivity contribution in [1.29, 1.82) is 0 Å². The lowest BCUT2D eigenvalue weighted by Crippen LogP contribution is -2.43. The summed E-state index contributed by atoms with van der Waals surface area (Å²) < 4.78 is 58.3. The van der Waals surface area contributed by atoms with Gasteiger partial charge in [0, 0.05) is 56.3 Å². The van der Waals surface area contributed by atoms with E-state index in [1.807, 2.05) is 18.9 Å². The zero-order valence-electron chi connectivity index (χ0n) is 29.9. The van der Waals surface area contributed by atoms with Gasteiger partial charge in [0.05, 0.1) is 22.4 Å². The number of hydrogen-bond donors (Lipinski definition) is 0. The Hall–Kier alpha value is -5.22. The van der Waals surface area contributed by atoms with Gasteiger partial charge in [0.25, 0.3) is 0 Å². The number of amides is 1. The first kappa shape index (κ1) is 36.6. The molecule has 0 aliphatic carbocycles. The second-order valence-electron chi connectivity index (χ2n) is 14.1. The Morgan fingerprint density at radius 1 is 1.25 bits per heavy atom. The largest absolute Gasteiger partial charge is 0.461 e. The van der Waals surface area contributed by atoms with Crippen LogP contribution in [0, 0.1) is 29.9 Å². The van der Waals surface area contributed by atoms with Gasteiger partial charge in [-0.1, -0.05) is 32.4 Å². The number of aromatic nitrogens is 3. The molecule has 6 rings (SSSR count). The van der Waals surface area contributed by atoms with E-state index >= 15 is 8.78 Å². The Morgan fingerprint density at radius 3 is 2.69 bits per heavy atom. The number of carbonyl (C=O) groups excluding carboxylic acids is 2. The van der Waals surface area contributed by atoms with Gasteiger partial charge < -0.3 is 19.3 Å². The zero-order chi connectivity index (χ0) is 37.5. The zero-order valence-corrected chi connectivity index (χ0v) is 29.9. The molecule has 0 bridgehead atoms. The number of benzene rings is 2. The van der Waals surface area contributed by atoms with E-state index in [0.29, 0.717) is 24.3 Å². The highest BCUT2D eigenvalue weighted by atomic mass is 19.1. The van der Waals surface area contributed by atoms with Gasteiger partial charge >= 0.3 is 12.0 Å². The summed E-state index contributed by atoms with van der Waals surface area (Å²) in [5.74, 6) is 0.0400. The van der Waals surface area contributed by atoms with Crippen molar-refractivity contribution in [2.24, 2.45) is 5.92 Å². The Balaban J connectivity index is 1.51. The maximum atomic E-state index is 17.1. The molecule has 2 aromatic heterocycles. The smallest absolute Gasteiger partial charge is 0.319 e. The number of pyridine rings is 1. The van der Waals surface area contributed by atoms with Gasteiger partial charge in [-0.15, -0.1) is 6.42 Å². The van der Waals surface area contributed by atoms with E-state index in [4.69, 9.17) is 15.9 Å². The number of rotatable bonds is 10. The topological polar surface area (TPSA) is 101 Å². The summed E-state index contributed by atoms with van der Waals surface area (Å²) in [5, 5.41) is 0.854. The number of ether oxygens (including phenoxy) is 2. The first-order valence-corrected chi connectivity index (χ1v) is 17.2. The van der Waals surface area contributed by atoms with Crippen LogP contribution >= 0.6 is 0 Å². The van der Waals surface area contributed by atoms with Crippen LogP contribution in [-0.2, 0) is 9.59 Å². The molecule has 10 nitrogen and oxygen atoms in total. The van der Waals surface area contributed by atoms with Crippen LogP contribution in [0.1, 0.15) is 45.6 Å². The summed E-state index contributed by atoms with van der Waals surface area (Å²) >= 11 is 0. The Morgan fingerprint density at radius 2 is 2.02 bits per heavy atom. The van der Waals surface area contributed by atoms with Gasteiger partial charge in [-0.05, 0) is 56.5 Å². The first-order valence-electron chi connectivity index (χ1n) is 17.2. The van der Waals surface area contributed by atoms with E-state index < -0.39 is 35.2 Å². The summed E-state index contributed by atoms with van der Waals surface area (Å²) in [6.45, 7) is 10.1. The number of esters is 1. The summed E-state index contributed by atoms with van der Waals surface area (Å²) in [5.41, 5.74) is -1.05. The van der Waals surface area contributed by atoms with E-state index in [9.17, 15) is 14.0 Å². The molecule has 2 saturated heterocycles. The molecule has 4 aromatic rings. The van der Waals surface area contributed by atoms with Gasteiger partial charge in [-0.2, -0.15) is 9.97 Å². The van der Waals surface area contributed by atoms with Crippen LogP contribution in [0.15, 0.2) is 43.1 Å². The van der Waals surface area contributed by atoms with Crippen molar-refractivity contribution in [3.8, 4) is 35.4 Å². The lowest BCUT2D eigenvalue weighted by molar-refractivity contribution is -0.137. The molecule has 272 valence electrons. The van der Waals surface area contributed by atoms with Crippen LogP contribution in [0.4, 0.5) is 19.0 Å². The number of likely N-dealkylation sites (N-methyl/N-ethyl adjacent to an activating group) is 2. The molecule has 13 heteroatoms. The maximum Gasteiger partial charge on any atom is 0.319 e. The van der Waals surface area contributed by atoms with Gasteiger partial charge in [0.15, 0.2) is 5.82 Å². The number of hydrogen-bond acceptors (Lipinski definition) is 9. The van der Waals surface area contributed by atoms with Crippen LogP contribution < -0.4 is 14.4 Å². The van der Waals surface area contributed by atoms with Crippen molar-refractivity contribution < 1.29 is 32.2 Å². The molecule has 2 aliphatic heterocycles. The molecule has 2 aliphatic rings. The normalized spacial score (nSPS) is 20.4. The Bertz CT molecular complexity index is 2120. The van der Waals surface area contributed by atoms with Crippen LogP contribution in [0.5, 0.6) is 11.8 Å². The number of fused-ring (bicyclic) bond motifs is 2. The molecule has 3 atom stereocenters. The van der Waals surface area contributed by atoms with Crippen molar-refractivity contribution in [3.63, 3.8) is 0 Å². The number of terminal acetylenes is 1. The van der Waals surface area contributed by atoms with Gasteiger partial charge in [-0.3, -0.25) is 19.5 Å². The molecule has 0 unspecified atom stereocenters. The molecule has 0 N–H and O–H groups in total. The maximum absolute atomic E-state index is 17.1. The minimum Gasteiger partial charge on any atom is -0.461 e. The fourth-order valence-electron chi connectivity index (χ4n) is 7.04. The van der Waals surface area contributed by atoms with Gasteiger partial charge in [0.2, 0.25) is 5.91 Å². The fraction of sp³-hybridized carbons (Fsp3) is 0.410. The van der Waals surface area contributed by atoms with Crippen LogP contribution in [0.3, 0.4) is 0 Å². The highest BCUT2D eigenvalue weighted by Gasteiger charge is 2.41. The quantitative estimate of drug-likeness (QED) is 0.0837. The SMILES string of the molecule is C#Cc1c(F)ccc2cc(OC(=O)C(C)C)cc(-c3ncc4c(N(C)C[C@@H]5CCCN5C(=O)C=C)nc(OC[C@]5(C)C[C@@H](F)CN5C)nc4c3F)c12. The molecule has 52 heavy (non-hydrogen) atoms. The second-order valence-corrected chi connectivity index (χ2v) is 14.1. The summed E-state index contributed by atoms with van der Waals surface area (Å²) in [6, 6.07) is 5.29. The van der Waals surface area contributed by atoms with E-state index in [1.165, 1.54) is 36.5 Å². The van der Waals surface area contributed by atoms with Gasteiger partial charge in [-0.25, -0.2) is 13.2 Å². The average Bonchev–Trinajstić information content (AvgIpc) is 3.68. The van der Waals surface area contributed by atoms with E-state index in [2.05, 4.69) is 27.5 Å². The standard InChI is InChI=1S/C39H41F3N6O4/c1-8-27-30(41)13-12-23-15-26(52-37(50)22(3)4)16-28(32(23)27)34-33(42)35-29(18-43-34)36(46(6)20-25-11-10-14-48(25)31(49)9-2)45-38(44-35)51-21-39(5)17-24(40)19-47(39)7/h1,9,12-13,15-16,18,22,24-25H,2,10-11,14,17,19-21H2,3-7H3/t24-,25+,39+/m1/s1. The number of anilines is 1. The number of alkyl halides is 1. The molecule has 0 spiro atoms. The summed E-state index contributed by atoms with van der Waals surface area (Å²) in [7, 11) is 3.58. The predicted molar refractivity (Wildman–Crippen MR) is 193 cm³/mol. The van der Waals surface area contributed by atoms with E-state index in [0.717, 1.165) is 12.8 Å². The molecule has 0 radical (unpaired) electrons. The molecule has 1 amide bonds. The third-order valence-electron chi connectivity index (χ3n) is 10.0. The van der Waals surface area contributed by atoms with Crippen molar-refractivity contribution in [3.05, 3.63) is 60.3 Å². The van der Waals surface area contributed by atoms with E-state index in [-0.39, 0.29) is 76.4 Å². The Kier molecular flexibility index (Phi) is 10.1. The molecule has 0 saturated carbocycles. The van der Waals surface area contributed by atoms with Gasteiger partial charge in [0.1, 0.15) is 41.4 Å². The first-order chi connectivity index (χ1) is 24.7. The fourth-order valence-corrected chi connectivity index (χ4v) is 7.04. The third-order valence-corrected chi connectivity index (χ3v) is 10.0. The molecule has 2 fully saturated rings. The van der Waals surface area contributed by atoms with Crippen molar-refractivity contribution in [1.82, 2.24) is 24.8 Å². The molecular formula is C39H41F3N6O4. The summed E-state index contributed by atoms with van der Waals surface area (Å²) in [4.78, 5) is 44.3. The van der Waals surface area contributed by atoms with E-state index in [1.54, 1.807) is 30.7 Å². The average molecular weight is 715 g/mol. The van der Waals surface area contributed by atoms with Crippen LogP contribution in [0.25, 0.3) is 32.9 Å². The minimum absolute atomic E-state index is 0.0289. The number of nitrogens with zero attached hydrogens (tertiary/aromatic N) is 6.